The number of hydrogen-bond donors (Lipinski definition) is 4. The Balaban J connectivity index is 1.40. The first-order valence-corrected chi connectivity index (χ1v) is 10.7. The number of aromatic nitrogens is 2. The minimum atomic E-state index is -1.24. The number of hydrogen-bond acceptors (Lipinski definition) is 6. The van der Waals surface area contributed by atoms with Gasteiger partial charge in [-0.1, -0.05) is 48.5 Å². The third-order valence-electron chi connectivity index (χ3n) is 5.55. The van der Waals surface area contributed by atoms with Crippen LogP contribution >= 0.6 is 0 Å². The van der Waals surface area contributed by atoms with Gasteiger partial charge in [0.05, 0.1) is 12.5 Å². The van der Waals surface area contributed by atoms with Crippen molar-refractivity contribution < 1.29 is 29.3 Å². The summed E-state index contributed by atoms with van der Waals surface area (Å²) in [7, 11) is 1.58. The molecule has 0 saturated carbocycles. The summed E-state index contributed by atoms with van der Waals surface area (Å²) in [6, 6.07) is 16.0. The van der Waals surface area contributed by atoms with E-state index in [9.17, 15) is 19.5 Å². The van der Waals surface area contributed by atoms with E-state index in [-0.39, 0.29) is 30.5 Å². The highest BCUT2D eigenvalue weighted by Crippen LogP contribution is 2.44. The maximum absolute atomic E-state index is 12.5. The van der Waals surface area contributed by atoms with Gasteiger partial charge in [0.1, 0.15) is 12.2 Å². The van der Waals surface area contributed by atoms with Gasteiger partial charge in [-0.2, -0.15) is 5.10 Å². The van der Waals surface area contributed by atoms with Crippen LogP contribution in [0.25, 0.3) is 11.1 Å². The van der Waals surface area contributed by atoms with Crippen molar-refractivity contribution in [2.24, 2.45) is 7.05 Å². The van der Waals surface area contributed by atoms with Crippen molar-refractivity contribution in [3.05, 3.63) is 71.4 Å². The molecule has 1 aromatic heterocycles. The Morgan fingerprint density at radius 1 is 1.09 bits per heavy atom. The van der Waals surface area contributed by atoms with E-state index in [1.165, 1.54) is 10.9 Å². The molecule has 0 radical (unpaired) electrons. The van der Waals surface area contributed by atoms with Crippen molar-refractivity contribution in [1.29, 1.82) is 0 Å². The number of aliphatic hydroxyl groups excluding tert-OH is 1. The van der Waals surface area contributed by atoms with Crippen molar-refractivity contribution in [3.63, 3.8) is 0 Å². The van der Waals surface area contributed by atoms with E-state index in [4.69, 9.17) is 9.84 Å². The van der Waals surface area contributed by atoms with Gasteiger partial charge in [0, 0.05) is 25.7 Å². The predicted molar refractivity (Wildman–Crippen MR) is 122 cm³/mol. The van der Waals surface area contributed by atoms with E-state index >= 15 is 0 Å². The predicted octanol–water partition coefficient (Wildman–Crippen LogP) is 2.35. The SMILES string of the molecule is Cn1cc(C(=O)NCC(O)CC(=O)O)c(NC(=O)OCC2c3ccccc3-c3ccccc32)n1. The summed E-state index contributed by atoms with van der Waals surface area (Å²) in [4.78, 5) is 35.7. The molecule has 2 aromatic carbocycles. The number of carbonyl (C=O) groups excluding carboxylic acids is 2. The number of nitrogens with one attached hydrogen (secondary N) is 2. The zero-order chi connectivity index (χ0) is 24.2. The van der Waals surface area contributed by atoms with Gasteiger partial charge in [0.25, 0.3) is 5.91 Å². The van der Waals surface area contributed by atoms with Crippen LogP contribution in [-0.4, -0.2) is 57.2 Å². The van der Waals surface area contributed by atoms with Crippen LogP contribution in [0.4, 0.5) is 10.6 Å². The minimum absolute atomic E-state index is 0.00931. The molecule has 2 amide bonds. The Morgan fingerprint density at radius 3 is 2.32 bits per heavy atom. The number of fused-ring (bicyclic) bond motifs is 3. The molecule has 1 unspecified atom stereocenters. The van der Waals surface area contributed by atoms with Gasteiger partial charge in [-0.15, -0.1) is 0 Å². The monoisotopic (exact) mass is 464 g/mol. The van der Waals surface area contributed by atoms with Crippen LogP contribution in [0.5, 0.6) is 0 Å². The molecular weight excluding hydrogens is 440 g/mol. The second-order valence-corrected chi connectivity index (χ2v) is 7.98. The van der Waals surface area contributed by atoms with E-state index in [1.54, 1.807) is 7.05 Å². The van der Waals surface area contributed by atoms with Crippen LogP contribution in [-0.2, 0) is 16.6 Å². The van der Waals surface area contributed by atoms with Gasteiger partial charge >= 0.3 is 12.1 Å². The molecule has 10 nitrogen and oxygen atoms in total. The van der Waals surface area contributed by atoms with Crippen LogP contribution in [0.3, 0.4) is 0 Å². The minimum Gasteiger partial charge on any atom is -0.481 e. The number of carbonyl (C=O) groups is 3. The second kappa shape index (κ2) is 9.75. The van der Waals surface area contributed by atoms with E-state index < -0.39 is 30.5 Å². The van der Waals surface area contributed by atoms with E-state index in [0.717, 1.165) is 22.3 Å². The maximum Gasteiger partial charge on any atom is 0.412 e. The molecule has 1 aliphatic carbocycles. The molecule has 1 aliphatic rings. The number of aliphatic hydroxyl groups is 1. The summed E-state index contributed by atoms with van der Waals surface area (Å²) in [5.41, 5.74) is 4.43. The fourth-order valence-corrected chi connectivity index (χ4v) is 4.06. The summed E-state index contributed by atoms with van der Waals surface area (Å²) >= 11 is 0. The van der Waals surface area contributed by atoms with Crippen molar-refractivity contribution in [1.82, 2.24) is 15.1 Å². The molecule has 0 fully saturated rings. The number of amides is 2. The highest BCUT2D eigenvalue weighted by molar-refractivity contribution is 6.01. The first-order valence-electron chi connectivity index (χ1n) is 10.7. The molecule has 1 atom stereocenters. The smallest absolute Gasteiger partial charge is 0.412 e. The van der Waals surface area contributed by atoms with Gasteiger partial charge < -0.3 is 20.3 Å². The van der Waals surface area contributed by atoms with Gasteiger partial charge in [-0.25, -0.2) is 4.79 Å². The van der Waals surface area contributed by atoms with Crippen molar-refractivity contribution in [2.75, 3.05) is 18.5 Å². The molecule has 0 bridgehead atoms. The average molecular weight is 464 g/mol. The Morgan fingerprint density at radius 2 is 1.71 bits per heavy atom. The lowest BCUT2D eigenvalue weighted by atomic mass is 9.98. The zero-order valence-corrected chi connectivity index (χ0v) is 18.4. The Hall–Kier alpha value is -4.18. The number of nitrogens with zero attached hydrogens (tertiary/aromatic N) is 2. The molecule has 3 aromatic rings. The molecule has 0 spiro atoms. The normalized spacial score (nSPS) is 13.0. The fraction of sp³-hybridized carbons (Fsp3) is 0.250. The van der Waals surface area contributed by atoms with Crippen LogP contribution in [0, 0.1) is 0 Å². The lowest BCUT2D eigenvalue weighted by Crippen LogP contribution is -2.33. The number of ether oxygens (including phenoxy) is 1. The zero-order valence-electron chi connectivity index (χ0n) is 18.4. The van der Waals surface area contributed by atoms with Gasteiger partial charge in [-0.05, 0) is 22.3 Å². The first kappa shape index (κ1) is 23.0. The molecule has 4 rings (SSSR count). The van der Waals surface area contributed by atoms with Crippen molar-refractivity contribution in [3.8, 4) is 11.1 Å². The molecule has 176 valence electrons. The lowest BCUT2D eigenvalue weighted by Gasteiger charge is -2.14. The summed E-state index contributed by atoms with van der Waals surface area (Å²) in [5.74, 6) is -1.92. The number of carboxylic acids is 1. The Bertz CT molecular complexity index is 1190. The van der Waals surface area contributed by atoms with Gasteiger partial charge in [0.2, 0.25) is 0 Å². The topological polar surface area (TPSA) is 143 Å². The maximum atomic E-state index is 12.5. The van der Waals surface area contributed by atoms with Crippen LogP contribution in [0.15, 0.2) is 54.7 Å². The molecule has 0 aliphatic heterocycles. The highest BCUT2D eigenvalue weighted by atomic mass is 16.5. The van der Waals surface area contributed by atoms with Crippen molar-refractivity contribution >= 4 is 23.8 Å². The van der Waals surface area contributed by atoms with E-state index in [1.807, 2.05) is 48.5 Å². The van der Waals surface area contributed by atoms with E-state index in [2.05, 4.69) is 15.7 Å². The standard InChI is InChI=1S/C24H24N4O6/c1-28-12-19(23(32)25-11-14(29)10-21(30)31)22(27-28)26-24(33)34-13-20-17-8-4-2-6-15(17)16-7-3-5-9-18(16)20/h2-9,12,14,20,29H,10-11,13H2,1H3,(H,25,32)(H,30,31)(H,26,27,33). The quantitative estimate of drug-likeness (QED) is 0.401. The second-order valence-electron chi connectivity index (χ2n) is 7.98. The molecule has 10 heteroatoms. The Labute approximate surface area is 195 Å². The Kier molecular flexibility index (Phi) is 6.60. The molecule has 4 N–H and O–H groups in total. The molecular formula is C24H24N4O6. The summed E-state index contributed by atoms with van der Waals surface area (Å²) in [5, 5.41) is 27.4. The fourth-order valence-electron chi connectivity index (χ4n) is 4.06. The van der Waals surface area contributed by atoms with Crippen LogP contribution in [0.1, 0.15) is 33.8 Å². The van der Waals surface area contributed by atoms with E-state index in [0.29, 0.717) is 0 Å². The number of benzene rings is 2. The lowest BCUT2D eigenvalue weighted by molar-refractivity contribution is -0.139. The largest absolute Gasteiger partial charge is 0.481 e. The van der Waals surface area contributed by atoms with Gasteiger partial charge in [-0.3, -0.25) is 19.6 Å². The number of carboxylic acid groups (broad SMARTS) is 1. The third kappa shape index (κ3) is 4.91. The number of aliphatic carboxylic acids is 1. The summed E-state index contributed by atoms with van der Waals surface area (Å²) < 4.78 is 6.84. The summed E-state index contributed by atoms with van der Waals surface area (Å²) in [6.07, 6.45) is -1.10. The van der Waals surface area contributed by atoms with Crippen LogP contribution in [0.2, 0.25) is 0 Å². The number of rotatable bonds is 8. The molecule has 1 heterocycles. The van der Waals surface area contributed by atoms with Gasteiger partial charge in [0.15, 0.2) is 5.82 Å². The van der Waals surface area contributed by atoms with Crippen molar-refractivity contribution in [2.45, 2.75) is 18.4 Å². The van der Waals surface area contributed by atoms with Crippen LogP contribution < -0.4 is 10.6 Å². The number of anilines is 1. The highest BCUT2D eigenvalue weighted by Gasteiger charge is 2.29. The first-order chi connectivity index (χ1) is 16.3. The molecule has 0 saturated heterocycles. The average Bonchev–Trinajstić information content (AvgIpc) is 3.33. The molecule has 34 heavy (non-hydrogen) atoms. The third-order valence-corrected chi connectivity index (χ3v) is 5.55. The number of aryl methyl sites for hydroxylation is 1. The summed E-state index contributed by atoms with van der Waals surface area (Å²) in [6.45, 7) is -0.153.